The van der Waals surface area contributed by atoms with E-state index in [2.05, 4.69) is 10.4 Å². The van der Waals surface area contributed by atoms with E-state index in [1.807, 2.05) is 6.92 Å². The lowest BCUT2D eigenvalue weighted by atomic mass is 10.1. The number of carbonyl (C=O) groups is 2. The topological polar surface area (TPSA) is 116 Å². The van der Waals surface area contributed by atoms with Crippen LogP contribution in [0.1, 0.15) is 29.2 Å². The number of amides is 2. The van der Waals surface area contributed by atoms with Crippen LogP contribution in [0.2, 0.25) is 0 Å². The van der Waals surface area contributed by atoms with Crippen molar-refractivity contribution >= 4 is 39.1 Å². The summed E-state index contributed by atoms with van der Waals surface area (Å²) < 4.78 is 1.68. The Balaban J connectivity index is 2.44. The summed E-state index contributed by atoms with van der Waals surface area (Å²) >= 11 is 1.24. The second-order valence-electron chi connectivity index (χ2n) is 5.18. The molecule has 0 unspecified atom stereocenters. The van der Waals surface area contributed by atoms with E-state index in [-0.39, 0.29) is 0 Å². The molecule has 2 aromatic heterocycles. The van der Waals surface area contributed by atoms with Crippen molar-refractivity contribution in [2.24, 2.45) is 12.8 Å². The molecule has 0 atom stereocenters. The van der Waals surface area contributed by atoms with E-state index in [0.717, 1.165) is 15.9 Å². The Bertz CT molecular complexity index is 713. The molecule has 0 aliphatic carbocycles. The van der Waals surface area contributed by atoms with Gasteiger partial charge in [-0.3, -0.25) is 14.3 Å². The van der Waals surface area contributed by atoms with Crippen molar-refractivity contribution in [2.45, 2.75) is 26.3 Å². The minimum Gasteiger partial charge on any atom is -0.397 e. The summed E-state index contributed by atoms with van der Waals surface area (Å²) in [5.41, 5.74) is 11.3. The highest BCUT2D eigenvalue weighted by Gasteiger charge is 2.30. The molecule has 0 aliphatic rings. The zero-order chi connectivity index (χ0) is 15.2. The van der Waals surface area contributed by atoms with Crippen molar-refractivity contribution in [2.75, 3.05) is 5.73 Å². The Hall–Kier alpha value is -2.09. The van der Waals surface area contributed by atoms with Gasteiger partial charge in [0.2, 0.25) is 5.91 Å². The number of fused-ring (bicyclic) bond motifs is 1. The van der Waals surface area contributed by atoms with Gasteiger partial charge in [0, 0.05) is 7.05 Å². The van der Waals surface area contributed by atoms with E-state index in [4.69, 9.17) is 11.5 Å². The number of aryl methyl sites for hydroxylation is 2. The van der Waals surface area contributed by atoms with Crippen LogP contribution in [-0.2, 0) is 11.8 Å². The lowest BCUT2D eigenvalue weighted by Crippen LogP contribution is -2.52. The fourth-order valence-electron chi connectivity index (χ4n) is 1.90. The Morgan fingerprint density at radius 1 is 1.40 bits per heavy atom. The summed E-state index contributed by atoms with van der Waals surface area (Å²) in [6, 6.07) is 0. The van der Waals surface area contributed by atoms with Gasteiger partial charge in [0.25, 0.3) is 5.91 Å². The van der Waals surface area contributed by atoms with Crippen molar-refractivity contribution < 1.29 is 9.59 Å². The van der Waals surface area contributed by atoms with Crippen LogP contribution >= 0.6 is 11.3 Å². The van der Waals surface area contributed by atoms with E-state index in [1.54, 1.807) is 25.6 Å². The van der Waals surface area contributed by atoms with Crippen LogP contribution in [0.15, 0.2) is 0 Å². The number of carbonyl (C=O) groups excluding carboxylic acids is 2. The fourth-order valence-corrected chi connectivity index (χ4v) is 2.98. The van der Waals surface area contributed by atoms with Gasteiger partial charge in [0.15, 0.2) is 0 Å². The molecule has 0 radical (unpaired) electrons. The maximum absolute atomic E-state index is 12.3. The minimum atomic E-state index is -1.13. The first-order chi connectivity index (χ1) is 9.15. The Morgan fingerprint density at radius 3 is 2.50 bits per heavy atom. The smallest absolute Gasteiger partial charge is 0.264 e. The van der Waals surface area contributed by atoms with E-state index >= 15 is 0 Å². The molecule has 108 valence electrons. The Kier molecular flexibility index (Phi) is 3.21. The van der Waals surface area contributed by atoms with E-state index in [1.165, 1.54) is 11.3 Å². The van der Waals surface area contributed by atoms with Gasteiger partial charge >= 0.3 is 0 Å². The first-order valence-electron chi connectivity index (χ1n) is 5.99. The number of nitrogens with one attached hydrogen (secondary N) is 1. The van der Waals surface area contributed by atoms with Crippen molar-refractivity contribution in [3.63, 3.8) is 0 Å². The summed E-state index contributed by atoms with van der Waals surface area (Å²) in [6.45, 7) is 4.92. The maximum Gasteiger partial charge on any atom is 0.264 e. The number of anilines is 1. The van der Waals surface area contributed by atoms with Crippen molar-refractivity contribution in [3.8, 4) is 0 Å². The number of primary amides is 1. The molecule has 0 fully saturated rings. The number of nitrogen functional groups attached to an aromatic ring is 1. The minimum absolute atomic E-state index is 0.366. The van der Waals surface area contributed by atoms with E-state index < -0.39 is 17.4 Å². The van der Waals surface area contributed by atoms with Crippen molar-refractivity contribution in [1.29, 1.82) is 0 Å². The molecule has 8 heteroatoms. The molecular weight excluding hydrogens is 278 g/mol. The number of thiophene rings is 1. The molecule has 2 amide bonds. The van der Waals surface area contributed by atoms with Crippen molar-refractivity contribution in [1.82, 2.24) is 15.1 Å². The number of aromatic nitrogens is 2. The largest absolute Gasteiger partial charge is 0.397 e. The predicted octanol–water partition coefficient (Wildman–Crippen LogP) is 0.519. The third-order valence-electron chi connectivity index (χ3n) is 3.13. The Labute approximate surface area is 119 Å². The molecule has 0 saturated carbocycles. The zero-order valence-corrected chi connectivity index (χ0v) is 12.6. The SMILES string of the molecule is Cc1nn(C)c2sc(C(=O)NC(C)(C)C(N)=O)c(N)c12. The first-order valence-corrected chi connectivity index (χ1v) is 6.80. The molecule has 0 saturated heterocycles. The third kappa shape index (κ3) is 2.11. The van der Waals surface area contributed by atoms with Gasteiger partial charge in [-0.2, -0.15) is 5.10 Å². The monoisotopic (exact) mass is 295 g/mol. The average molecular weight is 295 g/mol. The molecule has 0 aromatic carbocycles. The molecule has 2 aromatic rings. The van der Waals surface area contributed by atoms with Crippen LogP contribution in [0.3, 0.4) is 0 Å². The molecule has 5 N–H and O–H groups in total. The lowest BCUT2D eigenvalue weighted by molar-refractivity contribution is -0.122. The van der Waals surface area contributed by atoms with Crippen LogP contribution in [-0.4, -0.2) is 27.1 Å². The molecule has 0 bridgehead atoms. The molecule has 20 heavy (non-hydrogen) atoms. The van der Waals surface area contributed by atoms with E-state index in [0.29, 0.717) is 10.6 Å². The molecule has 2 heterocycles. The molecule has 0 spiro atoms. The second-order valence-corrected chi connectivity index (χ2v) is 6.18. The summed E-state index contributed by atoms with van der Waals surface area (Å²) in [5, 5.41) is 7.62. The predicted molar refractivity (Wildman–Crippen MR) is 78.5 cm³/mol. The normalized spacial score (nSPS) is 11.8. The number of nitrogens with zero attached hydrogens (tertiary/aromatic N) is 2. The summed E-state index contributed by atoms with van der Waals surface area (Å²) in [6.07, 6.45) is 0. The molecule has 2 rings (SSSR count). The van der Waals surface area contributed by atoms with Gasteiger partial charge in [-0.25, -0.2) is 0 Å². The van der Waals surface area contributed by atoms with Crippen LogP contribution in [0.5, 0.6) is 0 Å². The highest BCUT2D eigenvalue weighted by atomic mass is 32.1. The zero-order valence-electron chi connectivity index (χ0n) is 11.8. The molecule has 0 aliphatic heterocycles. The summed E-state index contributed by atoms with van der Waals surface area (Å²) in [5.74, 6) is -1.02. The first kappa shape index (κ1) is 14.3. The van der Waals surface area contributed by atoms with Crippen LogP contribution in [0, 0.1) is 6.92 Å². The van der Waals surface area contributed by atoms with Gasteiger partial charge in [0.05, 0.1) is 16.8 Å². The van der Waals surface area contributed by atoms with Crippen LogP contribution in [0.4, 0.5) is 5.69 Å². The van der Waals surface area contributed by atoms with Gasteiger partial charge in [-0.15, -0.1) is 11.3 Å². The number of nitrogens with two attached hydrogens (primary N) is 2. The summed E-state index contributed by atoms with van der Waals surface area (Å²) in [4.78, 5) is 24.7. The van der Waals surface area contributed by atoms with Gasteiger partial charge in [-0.05, 0) is 20.8 Å². The van der Waals surface area contributed by atoms with E-state index in [9.17, 15) is 9.59 Å². The fraction of sp³-hybridized carbons (Fsp3) is 0.417. The number of rotatable bonds is 3. The van der Waals surface area contributed by atoms with Gasteiger partial charge in [0.1, 0.15) is 15.2 Å². The average Bonchev–Trinajstić information content (AvgIpc) is 2.78. The maximum atomic E-state index is 12.3. The number of hydrogen-bond donors (Lipinski definition) is 3. The van der Waals surface area contributed by atoms with Crippen LogP contribution < -0.4 is 16.8 Å². The highest BCUT2D eigenvalue weighted by molar-refractivity contribution is 7.21. The van der Waals surface area contributed by atoms with Gasteiger partial charge in [-0.1, -0.05) is 0 Å². The highest BCUT2D eigenvalue weighted by Crippen LogP contribution is 2.35. The van der Waals surface area contributed by atoms with Crippen LogP contribution in [0.25, 0.3) is 10.2 Å². The third-order valence-corrected chi connectivity index (χ3v) is 4.40. The Morgan fingerprint density at radius 2 is 2.00 bits per heavy atom. The van der Waals surface area contributed by atoms with Crippen molar-refractivity contribution in [3.05, 3.63) is 10.6 Å². The van der Waals surface area contributed by atoms with Gasteiger partial charge < -0.3 is 16.8 Å². The number of hydrogen-bond acceptors (Lipinski definition) is 5. The standard InChI is InChI=1S/C12H17N5O2S/c1-5-6-7(13)8(20-10(6)17(4)16-5)9(18)15-12(2,3)11(14)19/h13H2,1-4H3,(H2,14,19)(H,15,18). The molecular formula is C12H17N5O2S. The second kappa shape index (κ2) is 4.48. The quantitative estimate of drug-likeness (QED) is 0.765. The molecule has 7 nitrogen and oxygen atoms in total. The lowest BCUT2D eigenvalue weighted by Gasteiger charge is -2.21. The summed E-state index contributed by atoms with van der Waals surface area (Å²) in [7, 11) is 1.79.